The lowest BCUT2D eigenvalue weighted by Gasteiger charge is -2.32. The number of ether oxygens (including phenoxy) is 1. The third kappa shape index (κ3) is 6.57. The maximum Gasteiger partial charge on any atom is 0.255 e. The smallest absolute Gasteiger partial charge is 0.255 e. The average molecular weight is 450 g/mol. The van der Waals surface area contributed by atoms with Crippen molar-refractivity contribution in [2.75, 3.05) is 25.5 Å². The number of carbonyl (C=O) groups excluding carboxylic acids is 2. The number of rotatable bonds is 7. The van der Waals surface area contributed by atoms with Crippen molar-refractivity contribution < 1.29 is 14.3 Å². The van der Waals surface area contributed by atoms with E-state index < -0.39 is 0 Å². The summed E-state index contributed by atoms with van der Waals surface area (Å²) in [5, 5.41) is 6.28. The molecule has 0 aromatic heterocycles. The van der Waals surface area contributed by atoms with E-state index in [2.05, 4.69) is 21.6 Å². The molecule has 2 aromatic carbocycles. The lowest BCUT2D eigenvalue weighted by Crippen LogP contribution is -2.44. The number of methoxy groups -OCH3 is 1. The SMILES string of the molecule is COc1cccc(C(=O)Nc2cccc(CN3CCC(C(=O)NC4CCCCC4)CC3)c2)c1. The number of carbonyl (C=O) groups is 2. The first-order valence-electron chi connectivity index (χ1n) is 12.2. The van der Waals surface area contributed by atoms with E-state index >= 15 is 0 Å². The van der Waals surface area contributed by atoms with E-state index in [9.17, 15) is 9.59 Å². The number of hydrogen-bond donors (Lipinski definition) is 2. The second-order valence-corrected chi connectivity index (χ2v) is 9.28. The van der Waals surface area contributed by atoms with E-state index in [0.29, 0.717) is 17.4 Å². The van der Waals surface area contributed by atoms with Gasteiger partial charge in [0.05, 0.1) is 7.11 Å². The van der Waals surface area contributed by atoms with Gasteiger partial charge in [-0.05, 0) is 74.7 Å². The summed E-state index contributed by atoms with van der Waals surface area (Å²) in [6.07, 6.45) is 7.86. The molecule has 1 saturated carbocycles. The molecule has 0 atom stereocenters. The first-order valence-corrected chi connectivity index (χ1v) is 12.2. The topological polar surface area (TPSA) is 70.7 Å². The first-order chi connectivity index (χ1) is 16.1. The minimum atomic E-state index is -0.157. The van der Waals surface area contributed by atoms with Gasteiger partial charge < -0.3 is 15.4 Å². The van der Waals surface area contributed by atoms with Gasteiger partial charge in [-0.2, -0.15) is 0 Å². The fourth-order valence-electron chi connectivity index (χ4n) is 4.89. The molecule has 0 spiro atoms. The maximum atomic E-state index is 12.7. The summed E-state index contributed by atoms with van der Waals surface area (Å²) in [5.41, 5.74) is 2.50. The summed E-state index contributed by atoms with van der Waals surface area (Å²) in [6.45, 7) is 2.66. The highest BCUT2D eigenvalue weighted by atomic mass is 16.5. The zero-order valence-corrected chi connectivity index (χ0v) is 19.5. The van der Waals surface area contributed by atoms with Crippen LogP contribution in [0.4, 0.5) is 5.69 Å². The van der Waals surface area contributed by atoms with Crippen molar-refractivity contribution >= 4 is 17.5 Å². The normalized spacial score (nSPS) is 18.0. The molecule has 2 fully saturated rings. The van der Waals surface area contributed by atoms with Crippen molar-refractivity contribution in [3.8, 4) is 5.75 Å². The van der Waals surface area contributed by atoms with Crippen LogP contribution < -0.4 is 15.4 Å². The fraction of sp³-hybridized carbons (Fsp3) is 0.481. The van der Waals surface area contributed by atoms with Gasteiger partial charge in [0.15, 0.2) is 0 Å². The molecular weight excluding hydrogens is 414 g/mol. The van der Waals surface area contributed by atoms with Gasteiger partial charge in [0, 0.05) is 29.8 Å². The quantitative estimate of drug-likeness (QED) is 0.648. The van der Waals surface area contributed by atoms with Crippen molar-refractivity contribution in [3.63, 3.8) is 0 Å². The Morgan fingerprint density at radius 1 is 0.970 bits per heavy atom. The predicted octanol–water partition coefficient (Wildman–Crippen LogP) is 4.61. The minimum Gasteiger partial charge on any atom is -0.497 e. The number of hydrogen-bond acceptors (Lipinski definition) is 4. The second kappa shape index (κ2) is 11.3. The van der Waals surface area contributed by atoms with Crippen molar-refractivity contribution in [3.05, 3.63) is 59.7 Å². The number of piperidine rings is 1. The molecule has 0 radical (unpaired) electrons. The molecule has 0 bridgehead atoms. The first kappa shape index (κ1) is 23.3. The van der Waals surface area contributed by atoms with Crippen LogP contribution in [-0.4, -0.2) is 43.0 Å². The van der Waals surface area contributed by atoms with Crippen molar-refractivity contribution in [2.45, 2.75) is 57.5 Å². The summed E-state index contributed by atoms with van der Waals surface area (Å²) in [7, 11) is 1.59. The number of benzene rings is 2. The summed E-state index contributed by atoms with van der Waals surface area (Å²) < 4.78 is 5.21. The fourth-order valence-corrected chi connectivity index (χ4v) is 4.89. The highest BCUT2D eigenvalue weighted by Crippen LogP contribution is 2.23. The van der Waals surface area contributed by atoms with Gasteiger partial charge in [0.25, 0.3) is 5.91 Å². The van der Waals surface area contributed by atoms with Crippen molar-refractivity contribution in [1.82, 2.24) is 10.2 Å². The lowest BCUT2D eigenvalue weighted by atomic mass is 9.92. The number of nitrogens with one attached hydrogen (secondary N) is 2. The van der Waals surface area contributed by atoms with E-state index in [-0.39, 0.29) is 17.7 Å². The second-order valence-electron chi connectivity index (χ2n) is 9.28. The van der Waals surface area contributed by atoms with Crippen LogP contribution in [-0.2, 0) is 11.3 Å². The summed E-state index contributed by atoms with van der Waals surface area (Å²) in [4.78, 5) is 27.7. The molecule has 2 amide bonds. The van der Waals surface area contributed by atoms with E-state index in [1.165, 1.54) is 19.3 Å². The van der Waals surface area contributed by atoms with Gasteiger partial charge in [-0.15, -0.1) is 0 Å². The minimum absolute atomic E-state index is 0.136. The molecule has 2 aromatic rings. The number of anilines is 1. The average Bonchev–Trinajstić information content (AvgIpc) is 2.85. The van der Waals surface area contributed by atoms with Gasteiger partial charge in [-0.1, -0.05) is 37.5 Å². The van der Waals surface area contributed by atoms with Crippen LogP contribution in [0.1, 0.15) is 60.9 Å². The van der Waals surface area contributed by atoms with Crippen molar-refractivity contribution in [1.29, 1.82) is 0 Å². The maximum absolute atomic E-state index is 12.7. The highest BCUT2D eigenvalue weighted by molar-refractivity contribution is 6.04. The molecule has 6 heteroatoms. The van der Waals surface area contributed by atoms with E-state index in [0.717, 1.165) is 56.6 Å². The Kier molecular flexibility index (Phi) is 8.00. The van der Waals surface area contributed by atoms with Crippen molar-refractivity contribution in [2.24, 2.45) is 5.92 Å². The van der Waals surface area contributed by atoms with Gasteiger partial charge >= 0.3 is 0 Å². The van der Waals surface area contributed by atoms with Crippen LogP contribution in [0.3, 0.4) is 0 Å². The molecule has 6 nitrogen and oxygen atoms in total. The number of likely N-dealkylation sites (tertiary alicyclic amines) is 1. The lowest BCUT2D eigenvalue weighted by molar-refractivity contribution is -0.127. The summed E-state index contributed by atoms with van der Waals surface area (Å²) in [5.74, 6) is 0.892. The van der Waals surface area contributed by atoms with Gasteiger partial charge in [-0.25, -0.2) is 0 Å². The Hall–Kier alpha value is -2.86. The molecule has 2 N–H and O–H groups in total. The predicted molar refractivity (Wildman–Crippen MR) is 130 cm³/mol. The molecule has 1 saturated heterocycles. The standard InChI is InChI=1S/C27H35N3O3/c1-33-25-12-6-8-22(18-25)27(32)29-24-11-5-7-20(17-24)19-30-15-13-21(14-16-30)26(31)28-23-9-3-2-4-10-23/h5-8,11-12,17-18,21,23H,2-4,9-10,13-16,19H2,1H3,(H,28,31)(H,29,32). The highest BCUT2D eigenvalue weighted by Gasteiger charge is 2.27. The Morgan fingerprint density at radius 3 is 2.48 bits per heavy atom. The number of nitrogens with zero attached hydrogens (tertiary/aromatic N) is 1. The monoisotopic (exact) mass is 449 g/mol. The van der Waals surface area contributed by atoms with Crippen LogP contribution in [0.15, 0.2) is 48.5 Å². The third-order valence-electron chi connectivity index (χ3n) is 6.83. The number of amides is 2. The van der Waals surface area contributed by atoms with Crippen LogP contribution in [0.2, 0.25) is 0 Å². The molecule has 4 rings (SSSR count). The zero-order chi connectivity index (χ0) is 23.0. The molecule has 33 heavy (non-hydrogen) atoms. The summed E-state index contributed by atoms with van der Waals surface area (Å²) >= 11 is 0. The van der Waals surface area contributed by atoms with Crippen LogP contribution in [0.25, 0.3) is 0 Å². The van der Waals surface area contributed by atoms with Gasteiger partial charge in [0.2, 0.25) is 5.91 Å². The Labute approximate surface area is 196 Å². The van der Waals surface area contributed by atoms with E-state index in [1.54, 1.807) is 19.2 Å². The Balaban J connectivity index is 1.26. The molecule has 1 aliphatic carbocycles. The van der Waals surface area contributed by atoms with E-state index in [1.807, 2.05) is 30.3 Å². The van der Waals surface area contributed by atoms with E-state index in [4.69, 9.17) is 4.74 Å². The zero-order valence-electron chi connectivity index (χ0n) is 19.5. The Morgan fingerprint density at radius 2 is 1.73 bits per heavy atom. The molecule has 1 aliphatic heterocycles. The molecule has 176 valence electrons. The molecule has 1 heterocycles. The molecule has 0 unspecified atom stereocenters. The van der Waals surface area contributed by atoms with Gasteiger partial charge in [0.1, 0.15) is 5.75 Å². The molecular formula is C27H35N3O3. The Bertz CT molecular complexity index is 947. The van der Waals surface area contributed by atoms with Crippen LogP contribution in [0, 0.1) is 5.92 Å². The largest absolute Gasteiger partial charge is 0.497 e. The third-order valence-corrected chi connectivity index (χ3v) is 6.83. The van der Waals surface area contributed by atoms with Crippen LogP contribution >= 0.6 is 0 Å². The van der Waals surface area contributed by atoms with Gasteiger partial charge in [-0.3, -0.25) is 14.5 Å². The van der Waals surface area contributed by atoms with Crippen LogP contribution in [0.5, 0.6) is 5.75 Å². The summed E-state index contributed by atoms with van der Waals surface area (Å²) in [6, 6.07) is 15.5. The molecule has 2 aliphatic rings.